The highest BCUT2D eigenvalue weighted by molar-refractivity contribution is 5.79. The first-order valence-electron chi connectivity index (χ1n) is 6.05. The average molecular weight is 242 g/mol. The van der Waals surface area contributed by atoms with Gasteiger partial charge in [-0.05, 0) is 12.1 Å². The molecule has 1 aromatic carbocycles. The summed E-state index contributed by atoms with van der Waals surface area (Å²) in [6.07, 6.45) is 0. The van der Waals surface area contributed by atoms with Crippen LogP contribution in [0.15, 0.2) is 36.4 Å². The minimum atomic E-state index is -0.750. The molecular weight excluding hydrogens is 228 g/mol. The summed E-state index contributed by atoms with van der Waals surface area (Å²) in [6, 6.07) is 11.8. The molecule has 18 heavy (non-hydrogen) atoms. The number of aliphatic carboxylic acids is 1. The molecule has 4 heteroatoms. The lowest BCUT2D eigenvalue weighted by Gasteiger charge is -2.14. The first-order valence-corrected chi connectivity index (χ1v) is 6.05. The van der Waals surface area contributed by atoms with E-state index in [0.29, 0.717) is 13.1 Å². The third-order valence-electron chi connectivity index (χ3n) is 3.53. The molecule has 0 bridgehead atoms. The standard InChI is InChI=1S/C14H14N2O2/c17-14(18)11-8-15-7-10(11)13-6-5-9-3-1-2-4-12(9)16-13/h1-6,10-11,15H,7-8H2,(H,17,18). The van der Waals surface area contributed by atoms with Crippen LogP contribution in [0.3, 0.4) is 0 Å². The largest absolute Gasteiger partial charge is 0.481 e. The van der Waals surface area contributed by atoms with Crippen LogP contribution in [0.5, 0.6) is 0 Å². The lowest BCUT2D eigenvalue weighted by molar-refractivity contribution is -0.141. The molecule has 2 atom stereocenters. The van der Waals surface area contributed by atoms with Crippen LogP contribution in [0, 0.1) is 5.92 Å². The van der Waals surface area contributed by atoms with Crippen LogP contribution < -0.4 is 5.32 Å². The second kappa shape index (κ2) is 4.38. The molecule has 0 aliphatic carbocycles. The summed E-state index contributed by atoms with van der Waals surface area (Å²) >= 11 is 0. The highest BCUT2D eigenvalue weighted by Gasteiger charge is 2.34. The number of carboxylic acids is 1. The van der Waals surface area contributed by atoms with E-state index in [1.165, 1.54) is 0 Å². The van der Waals surface area contributed by atoms with Crippen LogP contribution in [-0.4, -0.2) is 29.1 Å². The van der Waals surface area contributed by atoms with Gasteiger partial charge in [-0.3, -0.25) is 9.78 Å². The summed E-state index contributed by atoms with van der Waals surface area (Å²) in [5, 5.41) is 13.4. The Hall–Kier alpha value is -1.94. The number of carboxylic acid groups (broad SMARTS) is 1. The van der Waals surface area contributed by atoms with E-state index in [1.807, 2.05) is 36.4 Å². The van der Waals surface area contributed by atoms with E-state index in [1.54, 1.807) is 0 Å². The summed E-state index contributed by atoms with van der Waals surface area (Å²) < 4.78 is 0. The Bertz CT molecular complexity index is 597. The fraction of sp³-hybridized carbons (Fsp3) is 0.286. The van der Waals surface area contributed by atoms with E-state index in [0.717, 1.165) is 16.6 Å². The number of nitrogens with zero attached hydrogens (tertiary/aromatic N) is 1. The van der Waals surface area contributed by atoms with Crippen LogP contribution in [0.4, 0.5) is 0 Å². The van der Waals surface area contributed by atoms with Gasteiger partial charge in [0.15, 0.2) is 0 Å². The maximum absolute atomic E-state index is 11.2. The minimum absolute atomic E-state index is 0.0351. The van der Waals surface area contributed by atoms with E-state index in [-0.39, 0.29) is 11.8 Å². The highest BCUT2D eigenvalue weighted by atomic mass is 16.4. The van der Waals surface area contributed by atoms with E-state index < -0.39 is 5.97 Å². The van der Waals surface area contributed by atoms with Gasteiger partial charge in [0, 0.05) is 30.1 Å². The topological polar surface area (TPSA) is 62.2 Å². The van der Waals surface area contributed by atoms with Gasteiger partial charge in [-0.25, -0.2) is 0 Å². The Labute approximate surface area is 105 Å². The van der Waals surface area contributed by atoms with Crippen LogP contribution in [-0.2, 0) is 4.79 Å². The number of para-hydroxylation sites is 1. The molecule has 1 fully saturated rings. The van der Waals surface area contributed by atoms with Crippen molar-refractivity contribution >= 4 is 16.9 Å². The van der Waals surface area contributed by atoms with Crippen molar-refractivity contribution in [3.8, 4) is 0 Å². The SMILES string of the molecule is O=C(O)C1CNCC1c1ccc2ccccc2n1. The van der Waals surface area contributed by atoms with Crippen molar-refractivity contribution in [3.63, 3.8) is 0 Å². The maximum atomic E-state index is 11.2. The average Bonchev–Trinajstić information content (AvgIpc) is 2.87. The molecule has 1 aliphatic rings. The monoisotopic (exact) mass is 242 g/mol. The summed E-state index contributed by atoms with van der Waals surface area (Å²) in [6.45, 7) is 1.21. The van der Waals surface area contributed by atoms with Gasteiger partial charge in [-0.15, -0.1) is 0 Å². The van der Waals surface area contributed by atoms with Crippen molar-refractivity contribution in [2.24, 2.45) is 5.92 Å². The number of aromatic nitrogens is 1. The third kappa shape index (κ3) is 1.84. The molecular formula is C14H14N2O2. The molecule has 1 aromatic heterocycles. The summed E-state index contributed by atoms with van der Waals surface area (Å²) in [5.41, 5.74) is 1.79. The smallest absolute Gasteiger partial charge is 0.308 e. The van der Waals surface area contributed by atoms with E-state index >= 15 is 0 Å². The number of hydrogen-bond donors (Lipinski definition) is 2. The molecule has 0 saturated carbocycles. The zero-order valence-corrected chi connectivity index (χ0v) is 9.84. The first-order chi connectivity index (χ1) is 8.75. The molecule has 0 spiro atoms. The molecule has 2 aromatic rings. The first kappa shape index (κ1) is 11.2. The number of hydrogen-bond acceptors (Lipinski definition) is 3. The summed E-state index contributed by atoms with van der Waals surface area (Å²) in [5.74, 6) is -1.16. The minimum Gasteiger partial charge on any atom is -0.481 e. The molecule has 4 nitrogen and oxygen atoms in total. The fourth-order valence-electron chi connectivity index (χ4n) is 2.54. The zero-order chi connectivity index (χ0) is 12.5. The predicted molar refractivity (Wildman–Crippen MR) is 68.5 cm³/mol. The van der Waals surface area contributed by atoms with Crippen molar-refractivity contribution in [1.29, 1.82) is 0 Å². The van der Waals surface area contributed by atoms with Crippen LogP contribution >= 0.6 is 0 Å². The van der Waals surface area contributed by atoms with Crippen LogP contribution in [0.25, 0.3) is 10.9 Å². The number of rotatable bonds is 2. The Kier molecular flexibility index (Phi) is 2.72. The Morgan fingerprint density at radius 2 is 2.06 bits per heavy atom. The van der Waals surface area contributed by atoms with Crippen LogP contribution in [0.1, 0.15) is 11.6 Å². The molecule has 2 unspecified atom stereocenters. The van der Waals surface area contributed by atoms with Crippen molar-refractivity contribution in [3.05, 3.63) is 42.1 Å². The number of fused-ring (bicyclic) bond motifs is 1. The third-order valence-corrected chi connectivity index (χ3v) is 3.53. The number of carbonyl (C=O) groups is 1. The van der Waals surface area contributed by atoms with E-state index in [9.17, 15) is 9.90 Å². The maximum Gasteiger partial charge on any atom is 0.308 e. The zero-order valence-electron chi connectivity index (χ0n) is 9.84. The van der Waals surface area contributed by atoms with Gasteiger partial charge >= 0.3 is 5.97 Å². The Morgan fingerprint density at radius 3 is 2.89 bits per heavy atom. The normalized spacial score (nSPS) is 23.3. The number of pyridine rings is 1. The predicted octanol–water partition coefficient (Wildman–Crippen LogP) is 1.62. The summed E-state index contributed by atoms with van der Waals surface area (Å²) in [7, 11) is 0. The molecule has 2 N–H and O–H groups in total. The van der Waals surface area contributed by atoms with Gasteiger partial charge in [0.05, 0.1) is 11.4 Å². The molecule has 0 radical (unpaired) electrons. The molecule has 3 rings (SSSR count). The number of benzene rings is 1. The van der Waals surface area contributed by atoms with E-state index in [2.05, 4.69) is 10.3 Å². The van der Waals surface area contributed by atoms with Gasteiger partial charge < -0.3 is 10.4 Å². The van der Waals surface area contributed by atoms with Crippen molar-refractivity contribution in [2.75, 3.05) is 13.1 Å². The molecule has 1 aliphatic heterocycles. The molecule has 1 saturated heterocycles. The van der Waals surface area contributed by atoms with Gasteiger partial charge in [0.2, 0.25) is 0 Å². The van der Waals surface area contributed by atoms with Crippen molar-refractivity contribution in [2.45, 2.75) is 5.92 Å². The second-order valence-corrected chi connectivity index (χ2v) is 4.64. The van der Waals surface area contributed by atoms with Crippen molar-refractivity contribution in [1.82, 2.24) is 10.3 Å². The van der Waals surface area contributed by atoms with Crippen molar-refractivity contribution < 1.29 is 9.90 Å². The Morgan fingerprint density at radius 1 is 1.22 bits per heavy atom. The van der Waals surface area contributed by atoms with E-state index in [4.69, 9.17) is 0 Å². The number of nitrogens with one attached hydrogen (secondary N) is 1. The van der Waals surface area contributed by atoms with Gasteiger partial charge in [0.1, 0.15) is 0 Å². The van der Waals surface area contributed by atoms with Crippen LogP contribution in [0.2, 0.25) is 0 Å². The van der Waals surface area contributed by atoms with Gasteiger partial charge in [0.25, 0.3) is 0 Å². The lowest BCUT2D eigenvalue weighted by atomic mass is 9.92. The second-order valence-electron chi connectivity index (χ2n) is 4.64. The molecule has 2 heterocycles. The lowest BCUT2D eigenvalue weighted by Crippen LogP contribution is -2.21. The quantitative estimate of drug-likeness (QED) is 0.840. The summed E-state index contributed by atoms with van der Waals surface area (Å²) in [4.78, 5) is 15.8. The Balaban J connectivity index is 2.01. The molecule has 0 amide bonds. The molecule has 92 valence electrons. The highest BCUT2D eigenvalue weighted by Crippen LogP contribution is 2.28. The van der Waals surface area contributed by atoms with Gasteiger partial charge in [-0.1, -0.05) is 24.3 Å². The van der Waals surface area contributed by atoms with Gasteiger partial charge in [-0.2, -0.15) is 0 Å². The fourth-order valence-corrected chi connectivity index (χ4v) is 2.54.